The Bertz CT molecular complexity index is 1960. The van der Waals surface area contributed by atoms with Gasteiger partial charge < -0.3 is 33.8 Å². The normalized spacial score (nSPS) is 13.9. The van der Waals surface area contributed by atoms with Crippen molar-refractivity contribution in [2.24, 2.45) is 11.8 Å². The summed E-state index contributed by atoms with van der Waals surface area (Å²) in [7, 11) is -9.92. The van der Waals surface area contributed by atoms with Gasteiger partial charge in [-0.15, -0.1) is 0 Å². The highest BCUT2D eigenvalue weighted by molar-refractivity contribution is 7.47. The Hall–Kier alpha value is -1.94. The third-order valence-electron chi connectivity index (χ3n) is 19.5. The second-order valence-electron chi connectivity index (χ2n) is 30.8. The SMILES string of the molecule is CCCCCCCCCCCCCCCCCCCCCCCCC(=O)O[C@H](COC(=O)CCCCCCCCCCCCCC(C)C)COP(=O)(O)OC[C@@H](O)COP(=O)(O)OC[C@@H](COC(=O)CCCCCCCCCCCCCCC)OC(=O)CCCCCCCCCCCCC(C)C. The van der Waals surface area contributed by atoms with Crippen LogP contribution in [0.5, 0.6) is 0 Å². The Morgan fingerprint density at radius 3 is 0.667 bits per heavy atom. The van der Waals surface area contributed by atoms with Crippen molar-refractivity contribution in [2.75, 3.05) is 39.6 Å². The van der Waals surface area contributed by atoms with Crippen LogP contribution >= 0.6 is 15.6 Å². The molecule has 0 aliphatic carbocycles. The van der Waals surface area contributed by atoms with Crippen molar-refractivity contribution < 1.29 is 80.2 Å². The van der Waals surface area contributed by atoms with E-state index in [0.717, 1.165) is 102 Å². The number of esters is 4. The quantitative estimate of drug-likeness (QED) is 0.0222. The van der Waals surface area contributed by atoms with Crippen LogP contribution < -0.4 is 0 Å². The molecule has 0 heterocycles. The number of phosphoric acid groups is 2. The lowest BCUT2D eigenvalue weighted by Crippen LogP contribution is -2.30. The molecule has 0 radical (unpaired) electrons. The topological polar surface area (TPSA) is 237 Å². The van der Waals surface area contributed by atoms with Crippen LogP contribution in [-0.2, 0) is 65.4 Å². The lowest BCUT2D eigenvalue weighted by molar-refractivity contribution is -0.161. The zero-order valence-electron chi connectivity index (χ0n) is 66.9. The van der Waals surface area contributed by atoms with Crippen LogP contribution in [0, 0.1) is 11.8 Å². The number of phosphoric ester groups is 2. The number of carbonyl (C=O) groups excluding carboxylic acids is 4. The molecule has 0 bridgehead atoms. The van der Waals surface area contributed by atoms with E-state index in [1.54, 1.807) is 0 Å². The molecule has 0 spiro atoms. The molecule has 0 rings (SSSR count). The zero-order chi connectivity index (χ0) is 74.9. The Balaban J connectivity index is 5.22. The van der Waals surface area contributed by atoms with Crippen LogP contribution in [0.2, 0.25) is 0 Å². The van der Waals surface area contributed by atoms with Crippen LogP contribution in [0.4, 0.5) is 0 Å². The maximum absolute atomic E-state index is 13.1. The summed E-state index contributed by atoms with van der Waals surface area (Å²) in [6, 6.07) is 0. The highest BCUT2D eigenvalue weighted by Gasteiger charge is 2.30. The van der Waals surface area contributed by atoms with E-state index in [2.05, 4.69) is 41.5 Å². The minimum atomic E-state index is -4.96. The van der Waals surface area contributed by atoms with Crippen molar-refractivity contribution >= 4 is 39.5 Å². The van der Waals surface area contributed by atoms with Gasteiger partial charge in [0.1, 0.15) is 19.3 Å². The lowest BCUT2D eigenvalue weighted by Gasteiger charge is -2.21. The first-order valence-electron chi connectivity index (χ1n) is 43.0. The fraction of sp³-hybridized carbons (Fsp3) is 0.952. The standard InChI is InChI=1S/C83H162O17P2/c1-7-9-11-13-15-17-19-21-22-23-24-25-26-27-28-29-31-35-43-49-55-61-67-82(87)99-78(71-94-81(86)66-60-54-48-42-36-32-33-39-45-51-57-63-75(3)4)73-97-101(89,90)95-69-77(84)70-96-102(91,92)98-74-79(100-83(88)68-62-56-50-44-38-37-40-46-52-58-64-76(5)6)72-93-80(85)65-59-53-47-41-34-30-20-18-16-14-12-10-8-2/h75-79,84H,7-74H2,1-6H3,(H,89,90)(H,91,92)/t77-,78-,79-/m1/s1. The molecule has 19 heteroatoms. The molecule has 3 N–H and O–H groups in total. The van der Waals surface area contributed by atoms with Crippen molar-refractivity contribution in [2.45, 2.75) is 458 Å². The molecule has 0 aromatic heterocycles. The zero-order valence-corrected chi connectivity index (χ0v) is 68.7. The van der Waals surface area contributed by atoms with Gasteiger partial charge in [0, 0.05) is 25.7 Å². The van der Waals surface area contributed by atoms with Crippen LogP contribution in [0.1, 0.15) is 440 Å². The van der Waals surface area contributed by atoms with Crippen LogP contribution in [0.3, 0.4) is 0 Å². The first-order valence-corrected chi connectivity index (χ1v) is 46.0. The van der Waals surface area contributed by atoms with Gasteiger partial charge in [-0.25, -0.2) is 9.13 Å². The Kier molecular flexibility index (Phi) is 73.1. The maximum atomic E-state index is 13.1. The highest BCUT2D eigenvalue weighted by atomic mass is 31.2. The summed E-state index contributed by atoms with van der Waals surface area (Å²) in [6.07, 6.45) is 65.3. The molecule has 0 aromatic rings. The number of unbranched alkanes of at least 4 members (excludes halogenated alkanes) is 52. The summed E-state index contributed by atoms with van der Waals surface area (Å²) in [6.45, 7) is 9.64. The van der Waals surface area contributed by atoms with Crippen molar-refractivity contribution in [1.29, 1.82) is 0 Å². The molecule has 0 aliphatic rings. The molecule has 17 nitrogen and oxygen atoms in total. The number of hydrogen-bond acceptors (Lipinski definition) is 15. The largest absolute Gasteiger partial charge is 0.472 e. The molecular weight excluding hydrogens is 1330 g/mol. The fourth-order valence-electron chi connectivity index (χ4n) is 12.9. The summed E-state index contributed by atoms with van der Waals surface area (Å²) in [5, 5.41) is 10.7. The fourth-order valence-corrected chi connectivity index (χ4v) is 14.5. The average Bonchev–Trinajstić information content (AvgIpc) is 0.909. The van der Waals surface area contributed by atoms with Crippen molar-refractivity contribution in [3.63, 3.8) is 0 Å². The Morgan fingerprint density at radius 2 is 0.451 bits per heavy atom. The van der Waals surface area contributed by atoms with Gasteiger partial charge in [-0.1, -0.05) is 388 Å². The van der Waals surface area contributed by atoms with E-state index in [1.807, 2.05) is 0 Å². The number of carbonyl (C=O) groups is 4. The van der Waals surface area contributed by atoms with Gasteiger partial charge >= 0.3 is 39.5 Å². The first kappa shape index (κ1) is 100. The van der Waals surface area contributed by atoms with Gasteiger partial charge in [0.25, 0.3) is 0 Å². The predicted octanol–water partition coefficient (Wildman–Crippen LogP) is 25.1. The van der Waals surface area contributed by atoms with Gasteiger partial charge in [0.05, 0.1) is 26.4 Å². The smallest absolute Gasteiger partial charge is 0.462 e. The summed E-state index contributed by atoms with van der Waals surface area (Å²) < 4.78 is 68.8. The third kappa shape index (κ3) is 76.3. The van der Waals surface area contributed by atoms with E-state index in [9.17, 15) is 43.2 Å². The van der Waals surface area contributed by atoms with Crippen LogP contribution in [-0.4, -0.2) is 96.7 Å². The molecule has 0 saturated heterocycles. The average molecular weight is 1490 g/mol. The number of ether oxygens (including phenoxy) is 4. The molecule has 0 saturated carbocycles. The second kappa shape index (κ2) is 74.5. The highest BCUT2D eigenvalue weighted by Crippen LogP contribution is 2.45. The molecule has 5 atom stereocenters. The number of aliphatic hydroxyl groups excluding tert-OH is 1. The Morgan fingerprint density at radius 1 is 0.265 bits per heavy atom. The van der Waals surface area contributed by atoms with E-state index in [0.29, 0.717) is 25.7 Å². The van der Waals surface area contributed by atoms with E-state index in [-0.39, 0.29) is 25.7 Å². The van der Waals surface area contributed by atoms with E-state index in [1.165, 1.54) is 257 Å². The second-order valence-corrected chi connectivity index (χ2v) is 33.7. The summed E-state index contributed by atoms with van der Waals surface area (Å²) in [5.41, 5.74) is 0. The number of rotatable bonds is 82. The van der Waals surface area contributed by atoms with Gasteiger partial charge in [-0.3, -0.25) is 37.3 Å². The summed E-state index contributed by atoms with van der Waals surface area (Å²) in [5.74, 6) is -0.583. The van der Waals surface area contributed by atoms with Gasteiger partial charge in [-0.05, 0) is 37.5 Å². The number of aliphatic hydroxyl groups is 1. The molecule has 0 aromatic carbocycles. The van der Waals surface area contributed by atoms with Gasteiger partial charge in [0.2, 0.25) is 0 Å². The molecule has 0 amide bonds. The lowest BCUT2D eigenvalue weighted by atomic mass is 10.0. The molecular formula is C83H162O17P2. The van der Waals surface area contributed by atoms with Crippen LogP contribution in [0.25, 0.3) is 0 Å². The summed E-state index contributed by atoms with van der Waals surface area (Å²) >= 11 is 0. The minimum Gasteiger partial charge on any atom is -0.462 e. The van der Waals surface area contributed by atoms with Gasteiger partial charge in [0.15, 0.2) is 12.2 Å². The molecule has 0 fully saturated rings. The third-order valence-corrected chi connectivity index (χ3v) is 21.4. The predicted molar refractivity (Wildman–Crippen MR) is 418 cm³/mol. The molecule has 606 valence electrons. The van der Waals surface area contributed by atoms with E-state index in [4.69, 9.17) is 37.0 Å². The molecule has 0 aliphatic heterocycles. The van der Waals surface area contributed by atoms with Crippen molar-refractivity contribution in [3.8, 4) is 0 Å². The van der Waals surface area contributed by atoms with Crippen LogP contribution in [0.15, 0.2) is 0 Å². The minimum absolute atomic E-state index is 0.107. The maximum Gasteiger partial charge on any atom is 0.472 e. The van der Waals surface area contributed by atoms with E-state index < -0.39 is 97.5 Å². The van der Waals surface area contributed by atoms with Gasteiger partial charge in [-0.2, -0.15) is 0 Å². The summed E-state index contributed by atoms with van der Waals surface area (Å²) in [4.78, 5) is 73.1. The van der Waals surface area contributed by atoms with E-state index >= 15 is 0 Å². The Labute approximate surface area is 626 Å². The molecule has 2 unspecified atom stereocenters. The number of hydrogen-bond donors (Lipinski definition) is 3. The molecule has 102 heavy (non-hydrogen) atoms. The van der Waals surface area contributed by atoms with Crippen molar-refractivity contribution in [1.82, 2.24) is 0 Å². The van der Waals surface area contributed by atoms with Crippen molar-refractivity contribution in [3.05, 3.63) is 0 Å². The first-order chi connectivity index (χ1) is 49.4. The monoisotopic (exact) mass is 1490 g/mol.